The number of esters is 1. The monoisotopic (exact) mass is 367 g/mol. The van der Waals surface area contributed by atoms with E-state index in [2.05, 4.69) is 5.32 Å². The van der Waals surface area contributed by atoms with Gasteiger partial charge in [0.05, 0.1) is 5.41 Å². The van der Waals surface area contributed by atoms with Crippen LogP contribution in [0.15, 0.2) is 48.5 Å². The van der Waals surface area contributed by atoms with E-state index in [1.807, 2.05) is 12.1 Å². The fourth-order valence-corrected chi connectivity index (χ4v) is 2.71. The minimum atomic E-state index is -0.577. The van der Waals surface area contributed by atoms with Crippen molar-refractivity contribution in [3.8, 4) is 11.5 Å². The molecule has 1 N–H and O–H groups in total. The van der Waals surface area contributed by atoms with Crippen LogP contribution in [0, 0.1) is 5.41 Å². The molecule has 1 fully saturated rings. The number of ketones is 1. The zero-order valence-electron chi connectivity index (χ0n) is 16.0. The van der Waals surface area contributed by atoms with E-state index in [1.54, 1.807) is 57.2 Å². The van der Waals surface area contributed by atoms with Crippen molar-refractivity contribution in [1.29, 1.82) is 0 Å². The van der Waals surface area contributed by atoms with Crippen LogP contribution in [0.25, 0.3) is 0 Å². The molecule has 1 atom stereocenters. The maximum absolute atomic E-state index is 12.6. The van der Waals surface area contributed by atoms with Crippen molar-refractivity contribution in [3.05, 3.63) is 59.7 Å². The van der Waals surface area contributed by atoms with Crippen LogP contribution in [-0.4, -0.2) is 30.9 Å². The average molecular weight is 367 g/mol. The largest absolute Gasteiger partial charge is 0.489 e. The van der Waals surface area contributed by atoms with Crippen LogP contribution in [0.1, 0.15) is 43.1 Å². The van der Waals surface area contributed by atoms with E-state index >= 15 is 0 Å². The van der Waals surface area contributed by atoms with Gasteiger partial charge in [0, 0.05) is 17.7 Å². The molecule has 3 rings (SSSR count). The lowest BCUT2D eigenvalue weighted by molar-refractivity contribution is -0.142. The predicted molar refractivity (Wildman–Crippen MR) is 103 cm³/mol. The van der Waals surface area contributed by atoms with Gasteiger partial charge < -0.3 is 14.8 Å². The number of hydrogen-bond donors (Lipinski definition) is 1. The Balaban J connectivity index is 1.64. The highest BCUT2D eigenvalue weighted by molar-refractivity contribution is 6.09. The summed E-state index contributed by atoms with van der Waals surface area (Å²) in [5.74, 6) is 0.803. The summed E-state index contributed by atoms with van der Waals surface area (Å²) < 4.78 is 11.2. The summed E-state index contributed by atoms with van der Waals surface area (Å²) in [5, 5.41) is 3.26. The van der Waals surface area contributed by atoms with Gasteiger partial charge in [0.15, 0.2) is 5.78 Å². The van der Waals surface area contributed by atoms with Gasteiger partial charge in [0.2, 0.25) is 0 Å². The predicted octanol–water partition coefficient (Wildman–Crippen LogP) is 3.61. The minimum absolute atomic E-state index is 0.0854. The highest BCUT2D eigenvalue weighted by atomic mass is 16.5. The van der Waals surface area contributed by atoms with Gasteiger partial charge in [0.25, 0.3) is 0 Å². The summed E-state index contributed by atoms with van der Waals surface area (Å²) in [6.07, 6.45) is 1.18. The van der Waals surface area contributed by atoms with Gasteiger partial charge >= 0.3 is 5.97 Å². The molecule has 0 spiro atoms. The fraction of sp³-hybridized carbons (Fsp3) is 0.364. The Kier molecular flexibility index (Phi) is 5.61. The summed E-state index contributed by atoms with van der Waals surface area (Å²) in [6, 6.07) is 13.8. The molecule has 27 heavy (non-hydrogen) atoms. The van der Waals surface area contributed by atoms with Crippen molar-refractivity contribution in [2.24, 2.45) is 5.41 Å². The molecular weight excluding hydrogens is 342 g/mol. The molecule has 0 bridgehead atoms. The highest BCUT2D eigenvalue weighted by Crippen LogP contribution is 2.22. The van der Waals surface area contributed by atoms with Gasteiger partial charge in [-0.1, -0.05) is 0 Å². The van der Waals surface area contributed by atoms with Gasteiger partial charge in [-0.2, -0.15) is 0 Å². The lowest BCUT2D eigenvalue weighted by atomic mass is 9.97. The van der Waals surface area contributed by atoms with Gasteiger partial charge in [-0.05, 0) is 82.3 Å². The molecule has 1 aliphatic heterocycles. The van der Waals surface area contributed by atoms with Crippen LogP contribution in [0.2, 0.25) is 0 Å². The molecule has 142 valence electrons. The molecule has 0 aliphatic carbocycles. The zero-order chi connectivity index (χ0) is 19.4. The van der Waals surface area contributed by atoms with E-state index in [0.29, 0.717) is 16.9 Å². The quantitative estimate of drug-likeness (QED) is 0.497. The zero-order valence-corrected chi connectivity index (χ0v) is 16.0. The molecule has 5 heteroatoms. The number of nitrogens with one attached hydrogen (secondary N) is 1. The molecule has 0 saturated carbocycles. The second-order valence-corrected chi connectivity index (χ2v) is 7.75. The SMILES string of the molecule is CC(C)(C)C(=O)Oc1ccc(C(=O)c2ccc(OC3CCNC3)cc2)cc1. The third-order valence-corrected chi connectivity index (χ3v) is 4.37. The van der Waals surface area contributed by atoms with E-state index in [1.165, 1.54) is 0 Å². The number of rotatable bonds is 5. The number of carbonyl (C=O) groups excluding carboxylic acids is 2. The van der Waals surface area contributed by atoms with Crippen LogP contribution in [0.4, 0.5) is 0 Å². The normalized spacial score (nSPS) is 16.8. The van der Waals surface area contributed by atoms with Crippen molar-refractivity contribution < 1.29 is 19.1 Å². The first kappa shape index (κ1) is 19.1. The molecule has 5 nitrogen and oxygen atoms in total. The van der Waals surface area contributed by atoms with E-state index in [9.17, 15) is 9.59 Å². The smallest absolute Gasteiger partial charge is 0.316 e. The average Bonchev–Trinajstić information content (AvgIpc) is 3.15. The van der Waals surface area contributed by atoms with Crippen molar-refractivity contribution in [2.45, 2.75) is 33.3 Å². The van der Waals surface area contributed by atoms with Gasteiger partial charge in [-0.25, -0.2) is 0 Å². The molecule has 0 amide bonds. The maximum Gasteiger partial charge on any atom is 0.316 e. The van der Waals surface area contributed by atoms with Crippen LogP contribution in [-0.2, 0) is 4.79 Å². The number of ether oxygens (including phenoxy) is 2. The van der Waals surface area contributed by atoms with Crippen molar-refractivity contribution in [3.63, 3.8) is 0 Å². The molecular formula is C22H25NO4. The first-order valence-corrected chi connectivity index (χ1v) is 9.17. The molecule has 1 saturated heterocycles. The molecule has 1 heterocycles. The fourth-order valence-electron chi connectivity index (χ4n) is 2.71. The van der Waals surface area contributed by atoms with Crippen LogP contribution in [0.3, 0.4) is 0 Å². The van der Waals surface area contributed by atoms with Crippen LogP contribution >= 0.6 is 0 Å². The summed E-state index contributed by atoms with van der Waals surface area (Å²) in [7, 11) is 0. The topological polar surface area (TPSA) is 64.6 Å². The Morgan fingerprint density at radius 1 is 0.926 bits per heavy atom. The van der Waals surface area contributed by atoms with Gasteiger partial charge in [0.1, 0.15) is 17.6 Å². The van der Waals surface area contributed by atoms with Crippen LogP contribution < -0.4 is 14.8 Å². The molecule has 0 aromatic heterocycles. The molecule has 1 aliphatic rings. The second kappa shape index (κ2) is 7.92. The first-order valence-electron chi connectivity index (χ1n) is 9.17. The summed E-state index contributed by atoms with van der Waals surface area (Å²) in [4.78, 5) is 24.6. The van der Waals surface area contributed by atoms with E-state index < -0.39 is 5.41 Å². The van der Waals surface area contributed by atoms with Crippen molar-refractivity contribution in [2.75, 3.05) is 13.1 Å². The standard InChI is InChI=1S/C22H25NO4/c1-22(2,3)21(25)27-18-10-6-16(7-11-18)20(24)15-4-8-17(9-5-15)26-19-12-13-23-14-19/h4-11,19,23H,12-14H2,1-3H3. The number of benzene rings is 2. The lowest BCUT2D eigenvalue weighted by Crippen LogP contribution is -2.25. The Hall–Kier alpha value is -2.66. The van der Waals surface area contributed by atoms with Crippen molar-refractivity contribution in [1.82, 2.24) is 5.32 Å². The molecule has 2 aromatic carbocycles. The highest BCUT2D eigenvalue weighted by Gasteiger charge is 2.23. The van der Waals surface area contributed by atoms with E-state index in [4.69, 9.17) is 9.47 Å². The number of carbonyl (C=O) groups is 2. The Labute approximate surface area is 159 Å². The van der Waals surface area contributed by atoms with E-state index in [-0.39, 0.29) is 17.9 Å². The third kappa shape index (κ3) is 4.95. The summed E-state index contributed by atoms with van der Waals surface area (Å²) >= 11 is 0. The molecule has 2 aromatic rings. The molecule has 0 radical (unpaired) electrons. The first-order chi connectivity index (χ1) is 12.8. The maximum atomic E-state index is 12.6. The second-order valence-electron chi connectivity index (χ2n) is 7.75. The number of hydrogen-bond acceptors (Lipinski definition) is 5. The Morgan fingerprint density at radius 3 is 1.96 bits per heavy atom. The molecule has 1 unspecified atom stereocenters. The van der Waals surface area contributed by atoms with Crippen LogP contribution in [0.5, 0.6) is 11.5 Å². The van der Waals surface area contributed by atoms with Gasteiger partial charge in [-0.3, -0.25) is 9.59 Å². The summed E-state index contributed by atoms with van der Waals surface area (Å²) in [6.45, 7) is 7.21. The summed E-state index contributed by atoms with van der Waals surface area (Å²) in [5.41, 5.74) is 0.554. The Bertz CT molecular complexity index is 798. The van der Waals surface area contributed by atoms with Crippen molar-refractivity contribution >= 4 is 11.8 Å². The van der Waals surface area contributed by atoms with E-state index in [0.717, 1.165) is 25.3 Å². The van der Waals surface area contributed by atoms with Gasteiger partial charge in [-0.15, -0.1) is 0 Å². The minimum Gasteiger partial charge on any atom is -0.489 e. The third-order valence-electron chi connectivity index (χ3n) is 4.37. The Morgan fingerprint density at radius 2 is 1.48 bits per heavy atom. The lowest BCUT2D eigenvalue weighted by Gasteiger charge is -2.16.